The van der Waals surface area contributed by atoms with Crippen LogP contribution in [0.2, 0.25) is 0 Å². The SMILES string of the molecule is CC(C)CCSc1c(N)cnc2ccccc12. The lowest BCUT2D eigenvalue weighted by molar-refractivity contribution is 0.632. The molecule has 3 heteroatoms. The molecule has 1 heterocycles. The highest BCUT2D eigenvalue weighted by Gasteiger charge is 2.07. The van der Waals surface area contributed by atoms with Crippen LogP contribution in [0.4, 0.5) is 5.69 Å². The monoisotopic (exact) mass is 246 g/mol. The van der Waals surface area contributed by atoms with Gasteiger partial charge in [-0.2, -0.15) is 0 Å². The van der Waals surface area contributed by atoms with Crippen LogP contribution in [0, 0.1) is 5.92 Å². The summed E-state index contributed by atoms with van der Waals surface area (Å²) < 4.78 is 0. The molecule has 0 bridgehead atoms. The zero-order chi connectivity index (χ0) is 12.3. The molecule has 90 valence electrons. The molecule has 0 amide bonds. The van der Waals surface area contributed by atoms with Gasteiger partial charge in [-0.15, -0.1) is 11.8 Å². The van der Waals surface area contributed by atoms with E-state index < -0.39 is 0 Å². The maximum Gasteiger partial charge on any atom is 0.0714 e. The van der Waals surface area contributed by atoms with Crippen molar-refractivity contribution >= 4 is 28.4 Å². The Morgan fingerprint density at radius 1 is 1.29 bits per heavy atom. The van der Waals surface area contributed by atoms with Gasteiger partial charge in [0.05, 0.1) is 17.4 Å². The van der Waals surface area contributed by atoms with E-state index in [9.17, 15) is 0 Å². The highest BCUT2D eigenvalue weighted by molar-refractivity contribution is 7.99. The van der Waals surface area contributed by atoms with Crippen molar-refractivity contribution in [3.8, 4) is 0 Å². The summed E-state index contributed by atoms with van der Waals surface area (Å²) >= 11 is 1.84. The molecule has 0 unspecified atom stereocenters. The number of pyridine rings is 1. The highest BCUT2D eigenvalue weighted by atomic mass is 32.2. The van der Waals surface area contributed by atoms with Crippen molar-refractivity contribution in [3.05, 3.63) is 30.5 Å². The van der Waals surface area contributed by atoms with E-state index in [1.807, 2.05) is 30.0 Å². The fourth-order valence-electron chi connectivity index (χ4n) is 1.69. The number of fused-ring (bicyclic) bond motifs is 1. The van der Waals surface area contributed by atoms with Gasteiger partial charge in [0.15, 0.2) is 0 Å². The largest absolute Gasteiger partial charge is 0.397 e. The minimum atomic E-state index is 0.733. The number of nitrogens with two attached hydrogens (primary N) is 1. The summed E-state index contributed by atoms with van der Waals surface area (Å²) in [4.78, 5) is 5.52. The summed E-state index contributed by atoms with van der Waals surface area (Å²) in [5, 5.41) is 1.17. The number of hydrogen-bond acceptors (Lipinski definition) is 3. The normalized spacial score (nSPS) is 11.2. The Bertz CT molecular complexity index is 509. The first-order valence-electron chi connectivity index (χ1n) is 5.94. The van der Waals surface area contributed by atoms with E-state index in [0.29, 0.717) is 0 Å². The fraction of sp³-hybridized carbons (Fsp3) is 0.357. The summed E-state index contributed by atoms with van der Waals surface area (Å²) in [6.45, 7) is 4.49. The van der Waals surface area contributed by atoms with Gasteiger partial charge < -0.3 is 5.73 Å². The summed E-state index contributed by atoms with van der Waals surface area (Å²) in [7, 11) is 0. The Labute approximate surface area is 107 Å². The number of benzene rings is 1. The van der Waals surface area contributed by atoms with Gasteiger partial charge in [-0.1, -0.05) is 32.0 Å². The minimum absolute atomic E-state index is 0.733. The van der Waals surface area contributed by atoms with Crippen molar-refractivity contribution in [3.63, 3.8) is 0 Å². The van der Waals surface area contributed by atoms with Gasteiger partial charge in [0.1, 0.15) is 0 Å². The van der Waals surface area contributed by atoms with Crippen LogP contribution in [0.1, 0.15) is 20.3 Å². The Hall–Kier alpha value is -1.22. The fourth-order valence-corrected chi connectivity index (χ4v) is 3.03. The third-order valence-corrected chi connectivity index (χ3v) is 3.88. The van der Waals surface area contributed by atoms with Crippen LogP contribution >= 0.6 is 11.8 Å². The standard InChI is InChI=1S/C14H18N2S/c1-10(2)7-8-17-14-11-5-3-4-6-13(11)16-9-12(14)15/h3-6,9-10H,7-8,15H2,1-2H3. The highest BCUT2D eigenvalue weighted by Crippen LogP contribution is 2.32. The van der Waals surface area contributed by atoms with Crippen LogP contribution in [-0.4, -0.2) is 10.7 Å². The lowest BCUT2D eigenvalue weighted by atomic mass is 10.2. The molecule has 2 rings (SSSR count). The molecule has 0 aliphatic rings. The van der Waals surface area contributed by atoms with Gasteiger partial charge in [0, 0.05) is 10.3 Å². The first-order valence-corrected chi connectivity index (χ1v) is 6.93. The Balaban J connectivity index is 2.28. The summed E-state index contributed by atoms with van der Waals surface area (Å²) in [5.41, 5.74) is 7.83. The molecule has 0 radical (unpaired) electrons. The van der Waals surface area contributed by atoms with E-state index in [1.54, 1.807) is 6.20 Å². The number of para-hydroxylation sites is 1. The van der Waals surface area contributed by atoms with Crippen molar-refractivity contribution in [1.29, 1.82) is 0 Å². The van der Waals surface area contributed by atoms with Gasteiger partial charge >= 0.3 is 0 Å². The Kier molecular flexibility index (Phi) is 3.89. The lowest BCUT2D eigenvalue weighted by Gasteiger charge is -2.09. The first kappa shape index (κ1) is 12.2. The maximum atomic E-state index is 6.02. The molecule has 1 aromatic carbocycles. The minimum Gasteiger partial charge on any atom is -0.397 e. The predicted molar refractivity (Wildman–Crippen MR) is 76.3 cm³/mol. The molecule has 2 nitrogen and oxygen atoms in total. The average Bonchev–Trinajstić information content (AvgIpc) is 2.32. The van der Waals surface area contributed by atoms with Crippen LogP contribution < -0.4 is 5.73 Å². The lowest BCUT2D eigenvalue weighted by Crippen LogP contribution is -1.95. The van der Waals surface area contributed by atoms with E-state index >= 15 is 0 Å². The molecule has 0 aliphatic carbocycles. The van der Waals surface area contributed by atoms with Crippen molar-refractivity contribution < 1.29 is 0 Å². The third-order valence-electron chi connectivity index (χ3n) is 2.70. The first-order chi connectivity index (χ1) is 8.18. The second-order valence-corrected chi connectivity index (χ2v) is 5.70. The number of hydrogen-bond donors (Lipinski definition) is 1. The van der Waals surface area contributed by atoms with E-state index in [1.165, 1.54) is 16.7 Å². The number of nitrogen functional groups attached to an aromatic ring is 1. The van der Waals surface area contributed by atoms with Crippen LogP contribution in [-0.2, 0) is 0 Å². The van der Waals surface area contributed by atoms with Crippen molar-refractivity contribution in [2.24, 2.45) is 5.92 Å². The van der Waals surface area contributed by atoms with E-state index in [-0.39, 0.29) is 0 Å². The van der Waals surface area contributed by atoms with Crippen molar-refractivity contribution in [1.82, 2.24) is 4.98 Å². The van der Waals surface area contributed by atoms with Crippen molar-refractivity contribution in [2.75, 3.05) is 11.5 Å². The summed E-state index contributed by atoms with van der Waals surface area (Å²) in [5.74, 6) is 1.84. The molecule has 0 fully saturated rings. The molecule has 0 spiro atoms. The van der Waals surface area contributed by atoms with Gasteiger partial charge in [-0.3, -0.25) is 4.98 Å². The molecular weight excluding hydrogens is 228 g/mol. The third kappa shape index (κ3) is 2.91. The van der Waals surface area contributed by atoms with Crippen LogP contribution in [0.15, 0.2) is 35.4 Å². The van der Waals surface area contributed by atoms with E-state index in [2.05, 4.69) is 24.9 Å². The van der Waals surface area contributed by atoms with Gasteiger partial charge in [-0.25, -0.2) is 0 Å². The predicted octanol–water partition coefficient (Wildman–Crippen LogP) is 3.96. The molecular formula is C14H18N2S. The smallest absolute Gasteiger partial charge is 0.0714 e. The molecule has 2 aromatic rings. The van der Waals surface area contributed by atoms with Gasteiger partial charge in [0.25, 0.3) is 0 Å². The maximum absolute atomic E-state index is 6.02. The van der Waals surface area contributed by atoms with Crippen LogP contribution in [0.3, 0.4) is 0 Å². The number of rotatable bonds is 4. The molecule has 1 aromatic heterocycles. The second-order valence-electron chi connectivity index (χ2n) is 4.59. The Morgan fingerprint density at radius 2 is 2.06 bits per heavy atom. The summed E-state index contributed by atoms with van der Waals surface area (Å²) in [6, 6.07) is 8.17. The number of aromatic nitrogens is 1. The Morgan fingerprint density at radius 3 is 2.82 bits per heavy atom. The summed E-state index contributed by atoms with van der Waals surface area (Å²) in [6.07, 6.45) is 2.97. The van der Waals surface area contributed by atoms with Gasteiger partial charge in [0.2, 0.25) is 0 Å². The van der Waals surface area contributed by atoms with E-state index in [4.69, 9.17) is 5.73 Å². The average molecular weight is 246 g/mol. The van der Waals surface area contributed by atoms with Crippen LogP contribution in [0.5, 0.6) is 0 Å². The number of nitrogens with zero attached hydrogens (tertiary/aromatic N) is 1. The molecule has 0 atom stereocenters. The second kappa shape index (κ2) is 5.41. The molecule has 0 saturated heterocycles. The zero-order valence-corrected chi connectivity index (χ0v) is 11.1. The zero-order valence-electron chi connectivity index (χ0n) is 10.3. The van der Waals surface area contributed by atoms with Gasteiger partial charge in [-0.05, 0) is 24.2 Å². The number of anilines is 1. The van der Waals surface area contributed by atoms with E-state index in [0.717, 1.165) is 22.9 Å². The van der Waals surface area contributed by atoms with Crippen molar-refractivity contribution in [2.45, 2.75) is 25.2 Å². The van der Waals surface area contributed by atoms with Crippen LogP contribution in [0.25, 0.3) is 10.9 Å². The quantitative estimate of drug-likeness (QED) is 0.830. The molecule has 2 N–H and O–H groups in total. The topological polar surface area (TPSA) is 38.9 Å². The molecule has 0 aliphatic heterocycles. The molecule has 0 saturated carbocycles. The molecule has 17 heavy (non-hydrogen) atoms. The number of thioether (sulfide) groups is 1.